The zero-order chi connectivity index (χ0) is 10.3. The van der Waals surface area contributed by atoms with Crippen LogP contribution in [0.2, 0.25) is 0 Å². The maximum atomic E-state index is 11.1. The Kier molecular flexibility index (Phi) is 2.28. The van der Waals surface area contributed by atoms with E-state index >= 15 is 0 Å². The topological polar surface area (TPSA) is 32.3 Å². The van der Waals surface area contributed by atoms with Gasteiger partial charge in [0.05, 0.1) is 0 Å². The minimum absolute atomic E-state index is 0.291. The minimum Gasteiger partial charge on any atom is -0.384 e. The molecule has 3 nitrogen and oxygen atoms in total. The molecule has 0 spiro atoms. The third kappa shape index (κ3) is 1.69. The molecule has 0 aromatic carbocycles. The second-order valence-electron chi connectivity index (χ2n) is 4.92. The summed E-state index contributed by atoms with van der Waals surface area (Å²) >= 11 is 0. The van der Waals surface area contributed by atoms with Crippen LogP contribution in [0.4, 0.5) is 0 Å². The second kappa shape index (κ2) is 3.63. The molecule has 2 saturated heterocycles. The summed E-state index contributed by atoms with van der Waals surface area (Å²) in [4.78, 5) is 13.7. The van der Waals surface area contributed by atoms with Crippen molar-refractivity contribution in [1.82, 2.24) is 10.2 Å². The molecule has 1 N–H and O–H groups in total. The Morgan fingerprint density at radius 2 is 2.20 bits per heavy atom. The molecule has 2 heterocycles. The Labute approximate surface area is 90.5 Å². The van der Waals surface area contributed by atoms with Crippen LogP contribution in [0.3, 0.4) is 0 Å². The zero-order valence-corrected chi connectivity index (χ0v) is 9.04. The Hall–Kier alpha value is -0.830. The normalized spacial score (nSPS) is 35.7. The van der Waals surface area contributed by atoms with Crippen LogP contribution in [-0.4, -0.2) is 35.9 Å². The predicted octanol–water partition coefficient (Wildman–Crippen LogP) is 1.06. The predicted molar refractivity (Wildman–Crippen MR) is 58.5 cm³/mol. The van der Waals surface area contributed by atoms with Gasteiger partial charge in [-0.2, -0.15) is 0 Å². The molecule has 2 aliphatic heterocycles. The molecule has 15 heavy (non-hydrogen) atoms. The minimum atomic E-state index is 0.291. The first kappa shape index (κ1) is 9.40. The van der Waals surface area contributed by atoms with Crippen LogP contribution in [-0.2, 0) is 4.79 Å². The van der Waals surface area contributed by atoms with Crippen molar-refractivity contribution in [3.05, 3.63) is 11.8 Å². The third-order valence-corrected chi connectivity index (χ3v) is 3.95. The molecule has 0 aromatic rings. The lowest BCUT2D eigenvalue weighted by atomic mass is 10.1. The number of hydrogen-bond acceptors (Lipinski definition) is 3. The van der Waals surface area contributed by atoms with Crippen molar-refractivity contribution in [3.63, 3.8) is 0 Å². The van der Waals surface area contributed by atoms with E-state index in [4.69, 9.17) is 0 Å². The fraction of sp³-hybridized carbons (Fsp3) is 0.750. The van der Waals surface area contributed by atoms with Crippen LogP contribution in [0.1, 0.15) is 32.1 Å². The molecule has 0 radical (unpaired) electrons. The molecule has 0 amide bonds. The fourth-order valence-electron chi connectivity index (χ4n) is 3.20. The highest BCUT2D eigenvalue weighted by Crippen LogP contribution is 2.29. The number of hydrogen-bond donors (Lipinski definition) is 1. The maximum absolute atomic E-state index is 11.1. The van der Waals surface area contributed by atoms with Gasteiger partial charge in [-0.25, -0.2) is 0 Å². The van der Waals surface area contributed by atoms with E-state index in [1.54, 1.807) is 6.08 Å². The summed E-state index contributed by atoms with van der Waals surface area (Å²) in [5.41, 5.74) is 1.18. The van der Waals surface area contributed by atoms with Crippen molar-refractivity contribution in [2.45, 2.75) is 44.2 Å². The molecule has 3 rings (SSSR count). The molecule has 3 heteroatoms. The summed E-state index contributed by atoms with van der Waals surface area (Å²) in [6.07, 6.45) is 7.37. The number of nitrogens with one attached hydrogen (secondary N) is 1. The average molecular weight is 206 g/mol. The highest BCUT2D eigenvalue weighted by molar-refractivity contribution is 5.92. The van der Waals surface area contributed by atoms with Gasteiger partial charge in [0.15, 0.2) is 5.78 Å². The molecular formula is C12H18N2O. The van der Waals surface area contributed by atoms with Crippen LogP contribution < -0.4 is 5.32 Å². The molecular weight excluding hydrogens is 188 g/mol. The van der Waals surface area contributed by atoms with Gasteiger partial charge in [0.2, 0.25) is 0 Å². The fourth-order valence-corrected chi connectivity index (χ4v) is 3.20. The Bertz CT molecular complexity index is 311. The van der Waals surface area contributed by atoms with Gasteiger partial charge in [-0.15, -0.1) is 0 Å². The monoisotopic (exact) mass is 206 g/mol. The summed E-state index contributed by atoms with van der Waals surface area (Å²) in [7, 11) is 0. The molecule has 1 aliphatic carbocycles. The summed E-state index contributed by atoms with van der Waals surface area (Å²) in [6.45, 7) is 2.52. The lowest BCUT2D eigenvalue weighted by molar-refractivity contribution is -0.114. The van der Waals surface area contributed by atoms with E-state index in [0.717, 1.165) is 12.5 Å². The van der Waals surface area contributed by atoms with Crippen LogP contribution in [0.25, 0.3) is 0 Å². The van der Waals surface area contributed by atoms with Gasteiger partial charge in [0.1, 0.15) is 0 Å². The van der Waals surface area contributed by atoms with Crippen LogP contribution in [0, 0.1) is 0 Å². The Balaban J connectivity index is 1.64. The van der Waals surface area contributed by atoms with E-state index in [0.29, 0.717) is 18.2 Å². The van der Waals surface area contributed by atoms with E-state index in [2.05, 4.69) is 10.2 Å². The number of fused-ring (bicyclic) bond motifs is 1. The summed E-state index contributed by atoms with van der Waals surface area (Å²) in [5, 5.41) is 3.58. The van der Waals surface area contributed by atoms with Gasteiger partial charge in [-0.3, -0.25) is 9.69 Å². The van der Waals surface area contributed by atoms with Crippen LogP contribution in [0.15, 0.2) is 11.8 Å². The molecule has 2 unspecified atom stereocenters. The summed E-state index contributed by atoms with van der Waals surface area (Å²) in [5.74, 6) is 0.291. The van der Waals surface area contributed by atoms with Gasteiger partial charge < -0.3 is 5.32 Å². The number of carbonyl (C=O) groups excluding carboxylic acids is 1. The van der Waals surface area contributed by atoms with Crippen molar-refractivity contribution in [2.24, 2.45) is 0 Å². The van der Waals surface area contributed by atoms with Gasteiger partial charge in [-0.1, -0.05) is 0 Å². The van der Waals surface area contributed by atoms with Crippen LogP contribution in [0.5, 0.6) is 0 Å². The molecule has 82 valence electrons. The lowest BCUT2D eigenvalue weighted by Gasteiger charge is -2.22. The second-order valence-corrected chi connectivity index (χ2v) is 4.92. The lowest BCUT2D eigenvalue weighted by Crippen LogP contribution is -2.38. The first-order valence-corrected chi connectivity index (χ1v) is 6.07. The molecule has 3 aliphatic rings. The van der Waals surface area contributed by atoms with E-state index < -0.39 is 0 Å². The highest BCUT2D eigenvalue weighted by atomic mass is 16.1. The van der Waals surface area contributed by atoms with Gasteiger partial charge >= 0.3 is 0 Å². The molecule has 2 fully saturated rings. The standard InChI is InChI=1S/C12H18N2O/c15-10-4-3-9(8-10)13-11-5-7-14-6-1-2-12(11)14/h8,11-13H,1-7H2. The van der Waals surface area contributed by atoms with E-state index in [1.807, 2.05) is 0 Å². The van der Waals surface area contributed by atoms with Crippen molar-refractivity contribution in [3.8, 4) is 0 Å². The Morgan fingerprint density at radius 3 is 3.00 bits per heavy atom. The van der Waals surface area contributed by atoms with Crippen LogP contribution >= 0.6 is 0 Å². The number of allylic oxidation sites excluding steroid dienone is 2. The van der Waals surface area contributed by atoms with Crippen molar-refractivity contribution in [2.75, 3.05) is 13.1 Å². The molecule has 0 aromatic heterocycles. The van der Waals surface area contributed by atoms with E-state index in [1.165, 1.54) is 38.0 Å². The van der Waals surface area contributed by atoms with Gasteiger partial charge in [0, 0.05) is 36.8 Å². The summed E-state index contributed by atoms with van der Waals surface area (Å²) in [6, 6.07) is 1.34. The first-order chi connectivity index (χ1) is 7.33. The molecule has 0 bridgehead atoms. The van der Waals surface area contributed by atoms with E-state index in [-0.39, 0.29) is 0 Å². The summed E-state index contributed by atoms with van der Waals surface area (Å²) < 4.78 is 0. The van der Waals surface area contributed by atoms with Crippen molar-refractivity contribution < 1.29 is 4.79 Å². The maximum Gasteiger partial charge on any atom is 0.157 e. The highest BCUT2D eigenvalue weighted by Gasteiger charge is 2.37. The molecule has 2 atom stereocenters. The quantitative estimate of drug-likeness (QED) is 0.733. The number of ketones is 1. The van der Waals surface area contributed by atoms with Gasteiger partial charge in [0.25, 0.3) is 0 Å². The SMILES string of the molecule is O=C1C=C(NC2CCN3CCCC23)CC1. The molecule has 0 saturated carbocycles. The third-order valence-electron chi connectivity index (χ3n) is 3.95. The smallest absolute Gasteiger partial charge is 0.157 e. The largest absolute Gasteiger partial charge is 0.384 e. The number of rotatable bonds is 2. The number of nitrogens with zero attached hydrogens (tertiary/aromatic N) is 1. The van der Waals surface area contributed by atoms with Crippen molar-refractivity contribution in [1.29, 1.82) is 0 Å². The van der Waals surface area contributed by atoms with E-state index in [9.17, 15) is 4.79 Å². The average Bonchev–Trinajstić information content (AvgIpc) is 2.85. The van der Waals surface area contributed by atoms with Gasteiger partial charge in [-0.05, 0) is 32.2 Å². The number of carbonyl (C=O) groups is 1. The Morgan fingerprint density at radius 1 is 1.27 bits per heavy atom. The first-order valence-electron chi connectivity index (χ1n) is 6.07. The van der Waals surface area contributed by atoms with Crippen molar-refractivity contribution >= 4 is 5.78 Å². The zero-order valence-electron chi connectivity index (χ0n) is 9.04.